The van der Waals surface area contributed by atoms with E-state index in [2.05, 4.69) is 6.58 Å². The molecule has 2 heteroatoms. The van der Waals surface area contributed by atoms with Gasteiger partial charge in [0.25, 0.3) is 0 Å². The fourth-order valence-electron chi connectivity index (χ4n) is 2.12. The molecular formula is C15H24O2. The lowest BCUT2D eigenvalue weighted by atomic mass is 9.98. The lowest BCUT2D eigenvalue weighted by molar-refractivity contribution is -0.144. The average molecular weight is 236 g/mol. The number of hydrogen-bond acceptors (Lipinski definition) is 2. The van der Waals surface area contributed by atoms with Crippen molar-refractivity contribution in [2.45, 2.75) is 63.9 Å². The second kappa shape index (κ2) is 9.03. The van der Waals surface area contributed by atoms with Crippen molar-refractivity contribution < 1.29 is 9.53 Å². The van der Waals surface area contributed by atoms with E-state index in [1.165, 1.54) is 19.3 Å². The summed E-state index contributed by atoms with van der Waals surface area (Å²) in [7, 11) is 0. The summed E-state index contributed by atoms with van der Waals surface area (Å²) < 4.78 is 5.38. The third kappa shape index (κ3) is 6.98. The summed E-state index contributed by atoms with van der Waals surface area (Å²) in [6.45, 7) is 3.68. The van der Waals surface area contributed by atoms with E-state index >= 15 is 0 Å². The molecule has 0 amide bonds. The zero-order valence-corrected chi connectivity index (χ0v) is 10.7. The van der Waals surface area contributed by atoms with Crippen molar-refractivity contribution in [1.82, 2.24) is 0 Å². The van der Waals surface area contributed by atoms with Crippen molar-refractivity contribution in [3.8, 4) is 0 Å². The fraction of sp³-hybridized carbons (Fsp3) is 0.667. The maximum Gasteiger partial charge on any atom is 0.330 e. The minimum Gasteiger partial charge on any atom is -0.459 e. The van der Waals surface area contributed by atoms with E-state index in [0.29, 0.717) is 0 Å². The summed E-state index contributed by atoms with van der Waals surface area (Å²) in [6.07, 6.45) is 15.6. The van der Waals surface area contributed by atoms with Crippen LogP contribution in [-0.2, 0) is 9.53 Å². The van der Waals surface area contributed by atoms with Gasteiger partial charge in [-0.15, -0.1) is 6.58 Å². The number of unbranched alkanes of at least 4 members (excludes halogenated alkanes) is 3. The Labute approximate surface area is 105 Å². The minimum atomic E-state index is -0.166. The molecule has 2 nitrogen and oxygen atoms in total. The molecule has 0 unspecified atom stereocenters. The van der Waals surface area contributed by atoms with Crippen LogP contribution >= 0.6 is 0 Å². The molecule has 1 aliphatic carbocycles. The van der Waals surface area contributed by atoms with E-state index in [4.69, 9.17) is 4.74 Å². The molecule has 0 saturated heterocycles. The molecule has 0 atom stereocenters. The molecule has 0 aromatic rings. The fourth-order valence-corrected chi connectivity index (χ4v) is 2.12. The van der Waals surface area contributed by atoms with Gasteiger partial charge in [-0.1, -0.05) is 18.6 Å². The van der Waals surface area contributed by atoms with Crippen molar-refractivity contribution in [3.63, 3.8) is 0 Å². The van der Waals surface area contributed by atoms with E-state index < -0.39 is 0 Å². The van der Waals surface area contributed by atoms with Crippen LogP contribution in [0.5, 0.6) is 0 Å². The Morgan fingerprint density at radius 2 is 1.88 bits per heavy atom. The summed E-state index contributed by atoms with van der Waals surface area (Å²) in [6, 6.07) is 0. The van der Waals surface area contributed by atoms with Crippen LogP contribution in [0.3, 0.4) is 0 Å². The Morgan fingerprint density at radius 3 is 2.59 bits per heavy atom. The average Bonchev–Trinajstić information content (AvgIpc) is 2.35. The Hall–Kier alpha value is -1.05. The Balaban J connectivity index is 2.06. The first-order valence-electron chi connectivity index (χ1n) is 6.81. The van der Waals surface area contributed by atoms with Gasteiger partial charge in [-0.25, -0.2) is 4.79 Å². The van der Waals surface area contributed by atoms with Gasteiger partial charge < -0.3 is 4.74 Å². The van der Waals surface area contributed by atoms with Crippen LogP contribution in [0.4, 0.5) is 0 Å². The zero-order chi connectivity index (χ0) is 12.3. The number of rotatable bonds is 7. The third-order valence-corrected chi connectivity index (χ3v) is 3.12. The van der Waals surface area contributed by atoms with E-state index in [0.717, 1.165) is 38.5 Å². The molecule has 96 valence electrons. The van der Waals surface area contributed by atoms with Crippen molar-refractivity contribution in [1.29, 1.82) is 0 Å². The van der Waals surface area contributed by atoms with E-state index in [1.807, 2.05) is 12.2 Å². The minimum absolute atomic E-state index is 0.166. The molecule has 0 radical (unpaired) electrons. The summed E-state index contributed by atoms with van der Waals surface area (Å²) in [5.41, 5.74) is 0. The SMILES string of the molecule is C=CCCCC/C=C/C(=O)OC1CCCCC1. The molecule has 0 N–H and O–H groups in total. The molecule has 1 rings (SSSR count). The molecule has 17 heavy (non-hydrogen) atoms. The Bertz CT molecular complexity index is 250. The van der Waals surface area contributed by atoms with E-state index in [-0.39, 0.29) is 12.1 Å². The van der Waals surface area contributed by atoms with Crippen LogP contribution in [0.15, 0.2) is 24.8 Å². The van der Waals surface area contributed by atoms with Gasteiger partial charge in [0.1, 0.15) is 6.10 Å². The highest BCUT2D eigenvalue weighted by molar-refractivity contribution is 5.82. The van der Waals surface area contributed by atoms with E-state index in [1.54, 1.807) is 6.08 Å². The van der Waals surface area contributed by atoms with E-state index in [9.17, 15) is 4.79 Å². The first-order chi connectivity index (χ1) is 8.33. The number of allylic oxidation sites excluding steroid dienone is 2. The van der Waals surface area contributed by atoms with Crippen LogP contribution in [0.1, 0.15) is 57.8 Å². The second-order valence-corrected chi connectivity index (χ2v) is 4.67. The predicted molar refractivity (Wildman–Crippen MR) is 70.8 cm³/mol. The summed E-state index contributed by atoms with van der Waals surface area (Å²) >= 11 is 0. The number of hydrogen-bond donors (Lipinski definition) is 0. The van der Waals surface area contributed by atoms with Crippen LogP contribution < -0.4 is 0 Å². The van der Waals surface area contributed by atoms with Gasteiger partial charge in [-0.05, 0) is 51.4 Å². The monoisotopic (exact) mass is 236 g/mol. The Morgan fingerprint density at radius 1 is 1.18 bits per heavy atom. The summed E-state index contributed by atoms with van der Waals surface area (Å²) in [4.78, 5) is 11.5. The van der Waals surface area contributed by atoms with Gasteiger partial charge in [0.2, 0.25) is 0 Å². The quantitative estimate of drug-likeness (QED) is 0.287. The molecule has 0 aromatic heterocycles. The highest BCUT2D eigenvalue weighted by atomic mass is 16.5. The van der Waals surface area contributed by atoms with Gasteiger partial charge in [-0.2, -0.15) is 0 Å². The lowest BCUT2D eigenvalue weighted by Gasteiger charge is -2.20. The summed E-state index contributed by atoms with van der Waals surface area (Å²) in [5, 5.41) is 0. The van der Waals surface area contributed by atoms with Gasteiger partial charge >= 0.3 is 5.97 Å². The molecule has 0 aromatic carbocycles. The van der Waals surface area contributed by atoms with Gasteiger partial charge in [-0.3, -0.25) is 0 Å². The van der Waals surface area contributed by atoms with Crippen molar-refractivity contribution in [2.24, 2.45) is 0 Å². The lowest BCUT2D eigenvalue weighted by Crippen LogP contribution is -2.19. The van der Waals surface area contributed by atoms with Crippen LogP contribution in [0.25, 0.3) is 0 Å². The predicted octanol–water partition coefficient (Wildman–Crippen LogP) is 4.16. The first-order valence-corrected chi connectivity index (χ1v) is 6.81. The van der Waals surface area contributed by atoms with Crippen molar-refractivity contribution >= 4 is 5.97 Å². The van der Waals surface area contributed by atoms with Crippen LogP contribution in [-0.4, -0.2) is 12.1 Å². The zero-order valence-electron chi connectivity index (χ0n) is 10.7. The molecule has 1 saturated carbocycles. The highest BCUT2D eigenvalue weighted by Crippen LogP contribution is 2.20. The van der Waals surface area contributed by atoms with Crippen molar-refractivity contribution in [3.05, 3.63) is 24.8 Å². The number of carbonyl (C=O) groups is 1. The standard InChI is InChI=1S/C15H24O2/c1-2-3-4-5-6-10-13-15(16)17-14-11-8-7-9-12-14/h2,10,13-14H,1,3-9,11-12H2/b13-10+. The first kappa shape index (κ1) is 14.0. The number of ether oxygens (including phenoxy) is 1. The van der Waals surface area contributed by atoms with Gasteiger partial charge in [0, 0.05) is 6.08 Å². The van der Waals surface area contributed by atoms with Gasteiger partial charge in [0.15, 0.2) is 0 Å². The normalized spacial score (nSPS) is 17.2. The smallest absolute Gasteiger partial charge is 0.330 e. The highest BCUT2D eigenvalue weighted by Gasteiger charge is 2.15. The molecule has 0 spiro atoms. The number of carbonyl (C=O) groups excluding carboxylic acids is 1. The Kier molecular flexibility index (Phi) is 7.44. The molecule has 1 aliphatic rings. The molecule has 0 aliphatic heterocycles. The molecule has 1 fully saturated rings. The topological polar surface area (TPSA) is 26.3 Å². The maximum atomic E-state index is 11.5. The second-order valence-electron chi connectivity index (χ2n) is 4.67. The molecule has 0 heterocycles. The van der Waals surface area contributed by atoms with Crippen LogP contribution in [0, 0.1) is 0 Å². The largest absolute Gasteiger partial charge is 0.459 e. The molecular weight excluding hydrogens is 212 g/mol. The van der Waals surface area contributed by atoms with Crippen LogP contribution in [0.2, 0.25) is 0 Å². The summed E-state index contributed by atoms with van der Waals surface area (Å²) in [5.74, 6) is -0.166. The molecule has 0 bridgehead atoms. The number of esters is 1. The third-order valence-electron chi connectivity index (χ3n) is 3.12. The van der Waals surface area contributed by atoms with Gasteiger partial charge in [0.05, 0.1) is 0 Å². The van der Waals surface area contributed by atoms with Crippen molar-refractivity contribution in [2.75, 3.05) is 0 Å². The maximum absolute atomic E-state index is 11.5.